The third-order valence-electron chi connectivity index (χ3n) is 5.94. The molecule has 1 fully saturated rings. The monoisotopic (exact) mass is 620 g/mol. The van der Waals surface area contributed by atoms with Crippen LogP contribution >= 0.6 is 11.6 Å². The number of alkyl carbamates (subject to hydrolysis) is 1. The summed E-state index contributed by atoms with van der Waals surface area (Å²) in [4.78, 5) is 28.1. The van der Waals surface area contributed by atoms with Crippen molar-refractivity contribution in [2.24, 2.45) is 0 Å². The number of halogens is 4. The minimum Gasteiger partial charge on any atom is -0.446 e. The highest BCUT2D eigenvalue weighted by Crippen LogP contribution is 2.38. The maximum atomic E-state index is 12.5. The zero-order chi connectivity index (χ0) is 30.6. The zero-order valence-corrected chi connectivity index (χ0v) is 24.4. The first kappa shape index (κ1) is 32.3. The smallest absolute Gasteiger partial charge is 0.421 e. The van der Waals surface area contributed by atoms with Gasteiger partial charge in [-0.3, -0.25) is 0 Å². The Kier molecular flexibility index (Phi) is 10.0. The van der Waals surface area contributed by atoms with E-state index in [9.17, 15) is 31.2 Å². The summed E-state index contributed by atoms with van der Waals surface area (Å²) in [6.07, 6.45) is -4.64. The number of nitrogens with zero attached hydrogens (tertiary/aromatic N) is 1. The van der Waals surface area contributed by atoms with Gasteiger partial charge in [0.1, 0.15) is 17.5 Å². The van der Waals surface area contributed by atoms with Gasteiger partial charge in [0.2, 0.25) is 0 Å². The van der Waals surface area contributed by atoms with Gasteiger partial charge in [0.05, 0.1) is 16.3 Å². The van der Waals surface area contributed by atoms with Crippen molar-refractivity contribution in [1.29, 1.82) is 0 Å². The lowest BCUT2D eigenvalue weighted by molar-refractivity contribution is -0.138. The molecule has 41 heavy (non-hydrogen) atoms. The minimum absolute atomic E-state index is 0.0126. The highest BCUT2D eigenvalue weighted by Gasteiger charge is 2.33. The highest BCUT2D eigenvalue weighted by atomic mass is 35.5. The highest BCUT2D eigenvalue weighted by molar-refractivity contribution is 7.90. The van der Waals surface area contributed by atoms with Gasteiger partial charge < -0.3 is 20.1 Å². The fourth-order valence-electron chi connectivity index (χ4n) is 4.22. The largest absolute Gasteiger partial charge is 0.446 e. The topological polar surface area (TPSA) is 136 Å². The van der Waals surface area contributed by atoms with Crippen molar-refractivity contribution in [3.05, 3.63) is 47.1 Å². The lowest BCUT2D eigenvalue weighted by Crippen LogP contribution is -2.37. The Morgan fingerprint density at radius 2 is 1.78 bits per heavy atom. The second kappa shape index (κ2) is 12.7. The lowest BCUT2D eigenvalue weighted by Gasteiger charge is -2.19. The van der Waals surface area contributed by atoms with Crippen LogP contribution in [-0.4, -0.2) is 49.5 Å². The number of carbonyl (C=O) groups excluding carboxylic acids is 2. The molecule has 1 aromatic heterocycles. The first-order valence-corrected chi connectivity index (χ1v) is 14.6. The quantitative estimate of drug-likeness (QED) is 0.309. The number of rotatable bonds is 8. The number of anilines is 2. The first-order chi connectivity index (χ1) is 18.9. The van der Waals surface area contributed by atoms with Crippen molar-refractivity contribution in [1.82, 2.24) is 15.0 Å². The number of carbonyl (C=O) groups is 2. The number of pyridine rings is 1. The van der Waals surface area contributed by atoms with E-state index in [0.717, 1.165) is 5.56 Å². The maximum absolute atomic E-state index is 12.5. The second-order valence-corrected chi connectivity index (χ2v) is 12.8. The number of amides is 2. The van der Waals surface area contributed by atoms with Crippen molar-refractivity contribution in [2.75, 3.05) is 5.32 Å². The van der Waals surface area contributed by atoms with Crippen LogP contribution in [-0.2, 0) is 19.5 Å². The van der Waals surface area contributed by atoms with Gasteiger partial charge in [-0.15, -0.1) is 0 Å². The molecule has 0 unspecified atom stereocenters. The number of nitrogens with one attached hydrogen (secondary N) is 3. The summed E-state index contributed by atoms with van der Waals surface area (Å²) in [6, 6.07) is 6.19. The summed E-state index contributed by atoms with van der Waals surface area (Å²) in [7, 11) is -4.14. The molecule has 0 radical (unpaired) electrons. The molecule has 1 saturated carbocycles. The summed E-state index contributed by atoms with van der Waals surface area (Å²) in [5.41, 5.74) is 0.440. The summed E-state index contributed by atoms with van der Waals surface area (Å²) in [5, 5.41) is 5.51. The number of sulfonamides is 1. The molecule has 1 aliphatic rings. The van der Waals surface area contributed by atoms with Crippen molar-refractivity contribution in [3.63, 3.8) is 0 Å². The number of hydrogen-bond acceptors (Lipinski definition) is 8. The van der Waals surface area contributed by atoms with E-state index in [1.54, 1.807) is 33.0 Å². The minimum atomic E-state index is -4.39. The van der Waals surface area contributed by atoms with Crippen molar-refractivity contribution in [2.45, 2.75) is 88.1 Å². The van der Waals surface area contributed by atoms with Gasteiger partial charge in [0, 0.05) is 17.9 Å². The third-order valence-corrected chi connectivity index (χ3v) is 7.55. The summed E-state index contributed by atoms with van der Waals surface area (Å²) < 4.78 is 74.5. The number of aromatic nitrogens is 1. The van der Waals surface area contributed by atoms with Crippen LogP contribution in [0.1, 0.15) is 64.9 Å². The van der Waals surface area contributed by atoms with Gasteiger partial charge in [0.15, 0.2) is 0 Å². The van der Waals surface area contributed by atoms with E-state index in [-0.39, 0.29) is 10.8 Å². The average Bonchev–Trinajstić information content (AvgIpc) is 3.26. The van der Waals surface area contributed by atoms with Crippen LogP contribution in [0, 0.1) is 0 Å². The van der Waals surface area contributed by atoms with Crippen LogP contribution in [0.25, 0.3) is 0 Å². The van der Waals surface area contributed by atoms with Crippen molar-refractivity contribution < 1.29 is 40.7 Å². The van der Waals surface area contributed by atoms with E-state index in [4.69, 9.17) is 21.1 Å². The van der Waals surface area contributed by atoms with Gasteiger partial charge in [-0.25, -0.2) is 27.7 Å². The molecule has 226 valence electrons. The fraction of sp³-hybridized carbons (Fsp3) is 0.500. The number of ether oxygens (including phenoxy) is 2. The maximum Gasteiger partial charge on any atom is 0.421 e. The molecule has 3 N–H and O–H groups in total. The van der Waals surface area contributed by atoms with Gasteiger partial charge in [0.25, 0.3) is 10.0 Å². The number of alkyl halides is 3. The predicted octanol–water partition coefficient (Wildman–Crippen LogP) is 6.40. The van der Waals surface area contributed by atoms with Crippen LogP contribution in [0.15, 0.2) is 41.4 Å². The molecule has 3 rings (SSSR count). The summed E-state index contributed by atoms with van der Waals surface area (Å²) in [6.45, 7) is 6.09. The first-order valence-electron chi connectivity index (χ1n) is 12.7. The SMILES string of the molecule is C[C@@H](CC(F)(F)F)NC(=O)O[C@@H]1CC[C@H](c2cnc(Nc3ccc(S(=O)(=O)NC(=O)OC(C)(C)C)cc3)c(Cl)c2)C1. The van der Waals surface area contributed by atoms with E-state index in [2.05, 4.69) is 15.6 Å². The lowest BCUT2D eigenvalue weighted by atomic mass is 9.99. The van der Waals surface area contributed by atoms with E-state index in [1.165, 1.54) is 31.2 Å². The molecule has 1 aliphatic carbocycles. The third kappa shape index (κ3) is 10.3. The molecule has 0 bridgehead atoms. The molecule has 0 spiro atoms. The zero-order valence-electron chi connectivity index (χ0n) is 22.8. The summed E-state index contributed by atoms with van der Waals surface area (Å²) in [5.74, 6) is 0.308. The molecular formula is C26H32ClF3N4O6S. The van der Waals surface area contributed by atoms with Gasteiger partial charge >= 0.3 is 18.4 Å². The molecule has 0 saturated heterocycles. The fourth-order valence-corrected chi connectivity index (χ4v) is 5.32. The van der Waals surface area contributed by atoms with Crippen molar-refractivity contribution in [3.8, 4) is 0 Å². The second-order valence-electron chi connectivity index (χ2n) is 10.8. The Bertz CT molecular complexity index is 1350. The van der Waals surface area contributed by atoms with E-state index in [1.807, 2.05) is 4.72 Å². The molecule has 0 aliphatic heterocycles. The van der Waals surface area contributed by atoms with E-state index in [0.29, 0.717) is 35.8 Å². The van der Waals surface area contributed by atoms with Gasteiger partial charge in [-0.2, -0.15) is 13.2 Å². The molecule has 1 aromatic carbocycles. The van der Waals surface area contributed by atoms with Crippen LogP contribution < -0.4 is 15.4 Å². The molecular weight excluding hydrogens is 589 g/mol. The molecule has 10 nitrogen and oxygen atoms in total. The molecule has 3 atom stereocenters. The molecule has 15 heteroatoms. The van der Waals surface area contributed by atoms with E-state index < -0.39 is 52.6 Å². The molecule has 2 aromatic rings. The predicted molar refractivity (Wildman–Crippen MR) is 146 cm³/mol. The Labute approximate surface area is 241 Å². The Balaban J connectivity index is 1.55. The van der Waals surface area contributed by atoms with Gasteiger partial charge in [-0.1, -0.05) is 11.6 Å². The Hall–Kier alpha value is -3.26. The van der Waals surface area contributed by atoms with Crippen LogP contribution in [0.5, 0.6) is 0 Å². The standard InChI is InChI=1S/C26H32ClF3N4O6S/c1-15(13-26(28,29)30)32-23(35)39-19-8-5-16(11-19)17-12-21(27)22(31-14-17)33-18-6-9-20(10-7-18)41(37,38)34-24(36)40-25(2,3)4/h6-7,9-10,12,14-16,19H,5,8,11,13H2,1-4H3,(H,31,33)(H,32,35)(H,34,36)/t15-,16-,19+/m0/s1. The normalized spacial score (nSPS) is 18.3. The Morgan fingerprint density at radius 1 is 1.12 bits per heavy atom. The van der Waals surface area contributed by atoms with Crippen LogP contribution in [0.2, 0.25) is 5.02 Å². The molecule has 1 heterocycles. The number of hydrogen-bond donors (Lipinski definition) is 3. The average molecular weight is 621 g/mol. The van der Waals surface area contributed by atoms with Crippen LogP contribution in [0.3, 0.4) is 0 Å². The van der Waals surface area contributed by atoms with Crippen LogP contribution in [0.4, 0.5) is 34.3 Å². The number of benzene rings is 1. The van der Waals surface area contributed by atoms with Crippen molar-refractivity contribution >= 4 is 45.3 Å². The van der Waals surface area contributed by atoms with E-state index >= 15 is 0 Å². The Morgan fingerprint density at radius 3 is 2.37 bits per heavy atom. The molecule has 2 amide bonds. The summed E-state index contributed by atoms with van der Waals surface area (Å²) >= 11 is 6.43. The van der Waals surface area contributed by atoms with Gasteiger partial charge in [-0.05, 0) is 88.8 Å².